The Bertz CT molecular complexity index is 1980. The summed E-state index contributed by atoms with van der Waals surface area (Å²) in [6.45, 7) is 17.8. The van der Waals surface area contributed by atoms with E-state index in [2.05, 4.69) is 34.8 Å². The molecule has 0 saturated carbocycles. The number of carbonyl (C=O) groups excluding carboxylic acids is 3. The van der Waals surface area contributed by atoms with Crippen LogP contribution < -0.4 is 10.1 Å². The molecule has 1 atom stereocenters. The van der Waals surface area contributed by atoms with Crippen LogP contribution in [0.25, 0.3) is 11.0 Å². The highest BCUT2D eigenvalue weighted by molar-refractivity contribution is 6.76. The van der Waals surface area contributed by atoms with Gasteiger partial charge in [-0.1, -0.05) is 37.8 Å². The average Bonchev–Trinajstić information content (AvgIpc) is 3.45. The number of piperazine rings is 1. The normalized spacial score (nSPS) is 14.5. The van der Waals surface area contributed by atoms with Crippen LogP contribution in [-0.4, -0.2) is 96.9 Å². The molecule has 2 amide bonds. The fraction of sp³-hybridized carbons (Fsp3) is 0.463. The number of alkyl carbamates (subject to hydrolysis) is 1. The van der Waals surface area contributed by atoms with Gasteiger partial charge in [0.25, 0.3) is 0 Å². The number of halogens is 1. The lowest BCUT2D eigenvalue weighted by Crippen LogP contribution is -2.55. The maximum atomic E-state index is 15.7. The Hall–Kier alpha value is -4.79. The number of amides is 2. The Balaban J connectivity index is 1.26. The Morgan fingerprint density at radius 2 is 1.73 bits per heavy atom. The van der Waals surface area contributed by atoms with E-state index in [0.717, 1.165) is 22.6 Å². The van der Waals surface area contributed by atoms with Gasteiger partial charge in [-0.05, 0) is 80.8 Å². The van der Waals surface area contributed by atoms with Crippen LogP contribution in [0.3, 0.4) is 0 Å². The van der Waals surface area contributed by atoms with Gasteiger partial charge in [-0.15, -0.1) is 0 Å². The van der Waals surface area contributed by atoms with Crippen molar-refractivity contribution in [2.45, 2.75) is 84.7 Å². The van der Waals surface area contributed by atoms with Crippen LogP contribution in [-0.2, 0) is 38.7 Å². The molecule has 14 heteroatoms. The van der Waals surface area contributed by atoms with Crippen LogP contribution in [0, 0.1) is 12.7 Å². The summed E-state index contributed by atoms with van der Waals surface area (Å²) in [5.41, 5.74) is 2.77. The molecule has 55 heavy (non-hydrogen) atoms. The smallest absolute Gasteiger partial charge is 0.408 e. The number of hydrogen-bond acceptors (Lipinski definition) is 9. The zero-order valence-corrected chi connectivity index (χ0v) is 34.2. The van der Waals surface area contributed by atoms with E-state index in [1.807, 2.05) is 35.9 Å². The van der Waals surface area contributed by atoms with Crippen LogP contribution in [0.2, 0.25) is 25.7 Å². The molecule has 12 nitrogen and oxygen atoms in total. The molecule has 1 N–H and O–H groups in total. The molecule has 3 heterocycles. The first kappa shape index (κ1) is 41.4. The van der Waals surface area contributed by atoms with Gasteiger partial charge < -0.3 is 33.7 Å². The topological polar surface area (TPSA) is 124 Å². The number of hydrogen-bond donors (Lipinski definition) is 1. The average molecular weight is 776 g/mol. The first-order valence-corrected chi connectivity index (χ1v) is 22.4. The van der Waals surface area contributed by atoms with Gasteiger partial charge in [-0.25, -0.2) is 19.0 Å². The molecule has 1 fully saturated rings. The number of nitrogens with one attached hydrogen (secondary N) is 1. The summed E-state index contributed by atoms with van der Waals surface area (Å²) >= 11 is 0. The Morgan fingerprint density at radius 1 is 0.982 bits per heavy atom. The summed E-state index contributed by atoms with van der Waals surface area (Å²) in [5.74, 6) is -0.811. The molecule has 0 bridgehead atoms. The second-order valence-electron chi connectivity index (χ2n) is 16.2. The van der Waals surface area contributed by atoms with Crippen LogP contribution >= 0.6 is 0 Å². The first-order chi connectivity index (χ1) is 26.0. The fourth-order valence-electron chi connectivity index (χ4n) is 6.38. The molecule has 296 valence electrons. The number of pyridine rings is 1. The monoisotopic (exact) mass is 775 g/mol. The third-order valence-corrected chi connectivity index (χ3v) is 10.9. The molecule has 5 rings (SSSR count). The summed E-state index contributed by atoms with van der Waals surface area (Å²) < 4.78 is 40.1. The van der Waals surface area contributed by atoms with E-state index in [1.54, 1.807) is 50.1 Å². The number of carbonyl (C=O) groups is 3. The SMILES string of the molecule is COC(=O)c1cccc(CN2CCN(C(=O)[C@H](Cc3ccc(Oc4ccnc5c4c(C)cn5COCC[Si](C)(C)C)c(F)c3)NC(=O)OC(C)(C)C)CC2)c1. The van der Waals surface area contributed by atoms with Gasteiger partial charge in [0.2, 0.25) is 5.91 Å². The van der Waals surface area contributed by atoms with Crippen molar-refractivity contribution < 1.29 is 37.7 Å². The summed E-state index contributed by atoms with van der Waals surface area (Å²) in [5, 5.41) is 3.51. The largest absolute Gasteiger partial charge is 0.465 e. The van der Waals surface area contributed by atoms with E-state index < -0.39 is 37.6 Å². The van der Waals surface area contributed by atoms with Crippen molar-refractivity contribution in [3.05, 3.63) is 89.0 Å². The predicted molar refractivity (Wildman–Crippen MR) is 212 cm³/mol. The molecule has 0 unspecified atom stereocenters. The molecule has 0 aliphatic carbocycles. The summed E-state index contributed by atoms with van der Waals surface area (Å²) in [4.78, 5) is 47.3. The summed E-state index contributed by atoms with van der Waals surface area (Å²) in [6.07, 6.45) is 2.89. The fourth-order valence-corrected chi connectivity index (χ4v) is 7.14. The van der Waals surface area contributed by atoms with Crippen molar-refractivity contribution in [3.63, 3.8) is 0 Å². The van der Waals surface area contributed by atoms with Crippen molar-refractivity contribution in [2.24, 2.45) is 0 Å². The van der Waals surface area contributed by atoms with Crippen LogP contribution in [0.1, 0.15) is 47.8 Å². The number of methoxy groups -OCH3 is 1. The van der Waals surface area contributed by atoms with Crippen molar-refractivity contribution >= 4 is 37.1 Å². The number of ether oxygens (including phenoxy) is 4. The number of rotatable bonds is 14. The lowest BCUT2D eigenvalue weighted by molar-refractivity contribution is -0.135. The summed E-state index contributed by atoms with van der Waals surface area (Å²) in [7, 11) is 0.128. The quantitative estimate of drug-likeness (QED) is 0.0808. The van der Waals surface area contributed by atoms with Gasteiger partial charge in [0.15, 0.2) is 11.6 Å². The number of benzene rings is 2. The molecule has 2 aromatic carbocycles. The van der Waals surface area contributed by atoms with E-state index >= 15 is 4.39 Å². The first-order valence-electron chi connectivity index (χ1n) is 18.7. The van der Waals surface area contributed by atoms with E-state index in [-0.39, 0.29) is 18.1 Å². The van der Waals surface area contributed by atoms with E-state index in [9.17, 15) is 14.4 Å². The van der Waals surface area contributed by atoms with Gasteiger partial charge in [0, 0.05) is 66.2 Å². The molecule has 1 aliphatic heterocycles. The van der Waals surface area contributed by atoms with E-state index in [0.29, 0.717) is 68.6 Å². The van der Waals surface area contributed by atoms with Gasteiger partial charge in [-0.3, -0.25) is 9.69 Å². The third-order valence-electron chi connectivity index (χ3n) is 9.22. The number of aryl methyl sites for hydroxylation is 1. The lowest BCUT2D eigenvalue weighted by atomic mass is 10.0. The third kappa shape index (κ3) is 11.6. The molecule has 1 saturated heterocycles. The van der Waals surface area contributed by atoms with Gasteiger partial charge >= 0.3 is 12.1 Å². The minimum atomic E-state index is -1.22. The van der Waals surface area contributed by atoms with Crippen LogP contribution in [0.4, 0.5) is 9.18 Å². The van der Waals surface area contributed by atoms with Crippen molar-refractivity contribution in [2.75, 3.05) is 39.9 Å². The van der Waals surface area contributed by atoms with E-state index in [4.69, 9.17) is 18.9 Å². The highest BCUT2D eigenvalue weighted by Gasteiger charge is 2.31. The predicted octanol–water partition coefficient (Wildman–Crippen LogP) is 7.16. The number of esters is 1. The minimum Gasteiger partial charge on any atom is -0.465 e. The maximum Gasteiger partial charge on any atom is 0.408 e. The second-order valence-corrected chi connectivity index (χ2v) is 21.8. The van der Waals surface area contributed by atoms with Gasteiger partial charge in [0.05, 0.1) is 18.1 Å². The van der Waals surface area contributed by atoms with Crippen molar-refractivity contribution in [1.82, 2.24) is 24.7 Å². The highest BCUT2D eigenvalue weighted by Crippen LogP contribution is 2.34. The number of aromatic nitrogens is 2. The number of fused-ring (bicyclic) bond motifs is 1. The zero-order valence-electron chi connectivity index (χ0n) is 33.2. The molecule has 0 spiro atoms. The number of nitrogens with zero attached hydrogens (tertiary/aromatic N) is 4. The summed E-state index contributed by atoms with van der Waals surface area (Å²) in [6, 6.07) is 13.6. The van der Waals surface area contributed by atoms with Crippen molar-refractivity contribution in [1.29, 1.82) is 0 Å². The lowest BCUT2D eigenvalue weighted by Gasteiger charge is -2.36. The molecule has 0 radical (unpaired) electrons. The Kier molecular flexibility index (Phi) is 13.4. The van der Waals surface area contributed by atoms with E-state index in [1.165, 1.54) is 19.2 Å². The highest BCUT2D eigenvalue weighted by atomic mass is 28.3. The second kappa shape index (κ2) is 17.8. The Morgan fingerprint density at radius 3 is 2.40 bits per heavy atom. The Labute approximate surface area is 323 Å². The standard InChI is InChI=1S/C41H54FN5O7Si/c1-28-25-47(27-52-20-21-55(6,7)8)37-36(28)35(14-15-43-37)53-34-13-12-29(23-32(34)42)24-33(44-40(50)54-41(2,3)4)38(48)46-18-16-45(17-19-46)26-30-10-9-11-31(22-30)39(49)51-5/h9-15,22-23,25,33H,16-21,24,26-27H2,1-8H3,(H,44,50)/t33-/m0/s1. The molecule has 4 aromatic rings. The maximum absolute atomic E-state index is 15.7. The molecular weight excluding hydrogens is 722 g/mol. The molecule has 2 aromatic heterocycles. The van der Waals surface area contributed by atoms with Crippen LogP contribution in [0.15, 0.2) is 60.9 Å². The molecular formula is C41H54FN5O7Si. The van der Waals surface area contributed by atoms with Gasteiger partial charge in [-0.2, -0.15) is 0 Å². The molecule has 1 aliphatic rings. The zero-order chi connectivity index (χ0) is 39.9. The minimum absolute atomic E-state index is 0.0195. The van der Waals surface area contributed by atoms with Crippen molar-refractivity contribution in [3.8, 4) is 11.5 Å². The van der Waals surface area contributed by atoms with Gasteiger partial charge in [0.1, 0.15) is 29.8 Å². The van der Waals surface area contributed by atoms with Crippen LogP contribution in [0.5, 0.6) is 11.5 Å².